The number of hydrogen-bond donors (Lipinski definition) is 1. The van der Waals surface area contributed by atoms with Crippen LogP contribution in [0.5, 0.6) is 0 Å². The lowest BCUT2D eigenvalue weighted by Crippen LogP contribution is -2.12. The number of carboxylic acids is 1. The molecule has 0 radical (unpaired) electrons. The maximum absolute atomic E-state index is 10.7. The van der Waals surface area contributed by atoms with E-state index in [4.69, 9.17) is 5.11 Å². The summed E-state index contributed by atoms with van der Waals surface area (Å²) < 4.78 is 0. The predicted octanol–water partition coefficient (Wildman–Crippen LogP) is 0.954. The zero-order chi connectivity index (χ0) is 8.27. The van der Waals surface area contributed by atoms with E-state index in [9.17, 15) is 9.59 Å². The zero-order valence-electron chi connectivity index (χ0n) is 5.65. The van der Waals surface area contributed by atoms with Crippen molar-refractivity contribution in [3.05, 3.63) is 35.9 Å². The second-order valence-corrected chi connectivity index (χ2v) is 2.00. The summed E-state index contributed by atoms with van der Waals surface area (Å²) >= 11 is 0. The quantitative estimate of drug-likeness (QED) is 0.390. The first-order valence-corrected chi connectivity index (χ1v) is 3.04. The van der Waals surface area contributed by atoms with Crippen molar-refractivity contribution in [1.82, 2.24) is 0 Å². The Hall–Kier alpha value is -1.64. The van der Waals surface area contributed by atoms with Crippen molar-refractivity contribution in [2.45, 2.75) is 0 Å². The van der Waals surface area contributed by atoms with E-state index in [0.29, 0.717) is 0 Å². The van der Waals surface area contributed by atoms with Crippen molar-refractivity contribution in [3.63, 3.8) is 0 Å². The van der Waals surface area contributed by atoms with Gasteiger partial charge in [0.15, 0.2) is 0 Å². The van der Waals surface area contributed by atoms with Crippen molar-refractivity contribution in [1.29, 1.82) is 0 Å². The van der Waals surface area contributed by atoms with Gasteiger partial charge in [-0.1, -0.05) is 30.3 Å². The molecule has 1 rings (SSSR count). The van der Waals surface area contributed by atoms with E-state index >= 15 is 0 Å². The van der Waals surface area contributed by atoms with Gasteiger partial charge in [-0.05, 0) is 0 Å². The van der Waals surface area contributed by atoms with Gasteiger partial charge in [-0.2, -0.15) is 0 Å². The molecule has 0 amide bonds. The number of hydrogen-bond acceptors (Lipinski definition) is 2. The topological polar surface area (TPSA) is 54.4 Å². The monoisotopic (exact) mass is 152 g/mol. The van der Waals surface area contributed by atoms with Crippen LogP contribution in [0.3, 0.4) is 0 Å². The number of ketones is 1. The first-order valence-electron chi connectivity index (χ1n) is 3.04. The summed E-state index contributed by atoms with van der Waals surface area (Å²) in [7, 11) is 0. The minimum absolute atomic E-state index is 0.208. The summed E-state index contributed by atoms with van der Waals surface area (Å²) in [5.74, 6) is -2.29. The van der Waals surface area contributed by atoms with Crippen LogP contribution < -0.4 is 0 Å². The molecule has 1 aromatic carbocycles. The number of aliphatic carboxylic acids is 1. The normalized spacial score (nSPS) is 9.09. The fourth-order valence-corrected chi connectivity index (χ4v) is 0.713. The lowest BCUT2D eigenvalue weighted by atomic mass is 10.2. The Kier molecular flexibility index (Phi) is 2.01. The number of carbonyl (C=O) groups is 2. The highest BCUT2D eigenvalue weighted by atomic mass is 16.5. The van der Waals surface area contributed by atoms with Gasteiger partial charge >= 0.3 is 5.97 Å². The highest BCUT2D eigenvalue weighted by Crippen LogP contribution is 1.98. The van der Waals surface area contributed by atoms with Crippen molar-refractivity contribution in [2.24, 2.45) is 0 Å². The largest absolute Gasteiger partial charge is 0.475 e. The second-order valence-electron chi connectivity index (χ2n) is 2.00. The summed E-state index contributed by atoms with van der Waals surface area (Å²) in [4.78, 5) is 20.9. The third kappa shape index (κ3) is 1.64. The number of carbonyl (C=O) groups excluding carboxylic acids is 1. The van der Waals surface area contributed by atoms with E-state index in [0.717, 1.165) is 0 Å². The Morgan fingerprint density at radius 3 is 2.09 bits per heavy atom. The molecule has 0 aromatic heterocycles. The number of rotatable bonds is 2. The van der Waals surface area contributed by atoms with Gasteiger partial charge in [-0.25, -0.2) is 4.79 Å². The molecule has 3 heteroatoms. The molecule has 11 heavy (non-hydrogen) atoms. The number of carboxylic acid groups (broad SMARTS) is 1. The molecule has 56 valence electrons. The molecule has 0 fully saturated rings. The first-order chi connectivity index (χ1) is 5.22. The van der Waals surface area contributed by atoms with Crippen LogP contribution in [-0.2, 0) is 4.79 Å². The zero-order valence-corrected chi connectivity index (χ0v) is 5.65. The fraction of sp³-hybridized carbons (Fsp3) is 0. The maximum atomic E-state index is 10.7. The minimum atomic E-state index is -1.42. The van der Waals surface area contributed by atoms with Gasteiger partial charge in [0.1, 0.15) is 0 Å². The van der Waals surface area contributed by atoms with Gasteiger partial charge in [-0.3, -0.25) is 4.79 Å². The molecule has 0 aliphatic heterocycles. The molecular weight excluding hydrogens is 146 g/mol. The fourth-order valence-electron chi connectivity index (χ4n) is 0.713. The van der Waals surface area contributed by atoms with Gasteiger partial charge in [0, 0.05) is 5.56 Å². The summed E-state index contributed by atoms with van der Waals surface area (Å²) in [6, 6.07) is 7.90. The smallest absolute Gasteiger partial charge is 0.377 e. The Labute approximate surface area is 63.3 Å². The van der Waals surface area contributed by atoms with E-state index in [2.05, 4.69) is 0 Å². The highest BCUT2D eigenvalue weighted by molar-refractivity contribution is 6.39. The van der Waals surface area contributed by atoms with Crippen LogP contribution in [-0.4, -0.2) is 16.9 Å². The molecule has 0 heterocycles. The summed E-state index contributed by atoms with van der Waals surface area (Å²) in [5, 5.41) is 8.29. The van der Waals surface area contributed by atoms with Gasteiger partial charge < -0.3 is 5.11 Å². The summed E-state index contributed by atoms with van der Waals surface area (Å²) in [6.07, 6.45) is 0. The molecule has 0 spiro atoms. The van der Waals surface area contributed by atoms with Gasteiger partial charge in [0.25, 0.3) is 5.78 Å². The molecule has 1 N–H and O–H groups in total. The lowest BCUT2D eigenvalue weighted by molar-refractivity contribution is -0.131. The van der Waals surface area contributed by atoms with Crippen LogP contribution in [0.2, 0.25) is 0 Å². The molecule has 0 saturated carbocycles. The van der Waals surface area contributed by atoms with Crippen LogP contribution in [0.4, 0.5) is 0 Å². The molecule has 0 unspecified atom stereocenters. The van der Waals surface area contributed by atoms with Crippen molar-refractivity contribution in [2.75, 3.05) is 0 Å². The predicted molar refractivity (Wildman–Crippen MR) is 38.4 cm³/mol. The number of Topliss-reactive ketones (excluding diaryl/α,β-unsaturated/α-hetero) is 1. The van der Waals surface area contributed by atoms with Gasteiger partial charge in [-0.15, -0.1) is 0 Å². The van der Waals surface area contributed by atoms with Crippen LogP contribution in [0.15, 0.2) is 30.3 Å². The highest BCUT2D eigenvalue weighted by Gasteiger charge is 2.12. The third-order valence-corrected chi connectivity index (χ3v) is 1.23. The van der Waals surface area contributed by atoms with Crippen LogP contribution in [0.1, 0.15) is 10.4 Å². The molecule has 0 atom stereocenters. The van der Waals surface area contributed by atoms with Crippen molar-refractivity contribution >= 4 is 11.8 Å². The van der Waals surface area contributed by atoms with Gasteiger partial charge in [0.2, 0.25) is 0 Å². The minimum Gasteiger partial charge on any atom is -0.475 e. The number of benzene rings is 1. The van der Waals surface area contributed by atoms with E-state index in [-0.39, 0.29) is 5.56 Å². The molecule has 0 aliphatic rings. The summed E-state index contributed by atoms with van der Waals surface area (Å²) in [6.45, 7) is 0. The Morgan fingerprint density at radius 2 is 1.64 bits per heavy atom. The Morgan fingerprint density at radius 1 is 1.09 bits per heavy atom. The van der Waals surface area contributed by atoms with E-state index in [1.807, 2.05) is 0 Å². The van der Waals surface area contributed by atoms with Crippen LogP contribution >= 0.6 is 0 Å². The average molecular weight is 152 g/mol. The standard InChI is InChI=1S/C8H6O3/c9-7(8(10)11)6-4-2-1-3-5-6/h1-5H,(H,10,11)/i1+1,8+1. The van der Waals surface area contributed by atoms with E-state index in [1.165, 1.54) is 12.1 Å². The lowest BCUT2D eigenvalue weighted by Gasteiger charge is -1.91. The van der Waals surface area contributed by atoms with Crippen molar-refractivity contribution in [3.8, 4) is 0 Å². The van der Waals surface area contributed by atoms with Crippen LogP contribution in [0, 0.1) is 0 Å². The molecule has 0 saturated heterocycles. The Bertz CT molecular complexity index is 277. The maximum Gasteiger partial charge on any atom is 0.377 e. The first kappa shape index (κ1) is 7.47. The SMILES string of the molecule is O=C(c1cc[13cH]cc1)[13C](=O)O. The van der Waals surface area contributed by atoms with E-state index < -0.39 is 11.8 Å². The van der Waals surface area contributed by atoms with Crippen molar-refractivity contribution < 1.29 is 14.7 Å². The van der Waals surface area contributed by atoms with Crippen LogP contribution in [0.25, 0.3) is 0 Å². The third-order valence-electron chi connectivity index (χ3n) is 1.23. The molecular formula is C8H6O3. The summed E-state index contributed by atoms with van der Waals surface area (Å²) in [5.41, 5.74) is 0.208. The molecule has 0 bridgehead atoms. The Balaban J connectivity index is 2.95. The second kappa shape index (κ2) is 2.96. The average Bonchev–Trinajstić information content (AvgIpc) is 2.05. The molecule has 3 nitrogen and oxygen atoms in total. The molecule has 0 aliphatic carbocycles. The van der Waals surface area contributed by atoms with Gasteiger partial charge in [0.05, 0.1) is 0 Å². The van der Waals surface area contributed by atoms with E-state index in [1.54, 1.807) is 18.2 Å². The molecule has 1 aromatic rings.